The predicted octanol–water partition coefficient (Wildman–Crippen LogP) is 4.71. The van der Waals surface area contributed by atoms with Crippen molar-refractivity contribution >= 4 is 47.2 Å². The summed E-state index contributed by atoms with van der Waals surface area (Å²) in [6, 6.07) is 19.4. The van der Waals surface area contributed by atoms with Crippen molar-refractivity contribution in [3.8, 4) is 5.75 Å². The van der Waals surface area contributed by atoms with E-state index in [1.54, 1.807) is 60.7 Å². The molecule has 0 heterocycles. The van der Waals surface area contributed by atoms with Crippen LogP contribution in [0.5, 0.6) is 5.75 Å². The zero-order valence-electron chi connectivity index (χ0n) is 21.0. The number of anilines is 1. The average Bonchev–Trinajstić information content (AvgIpc) is 2.95. The molecule has 9 nitrogen and oxygen atoms in total. The Balaban J connectivity index is 1.35. The number of hydrogen-bond donors (Lipinski definition) is 3. The lowest BCUT2D eigenvalue weighted by atomic mass is 9.95. The SMILES string of the molecule is O=C(NN=Cc1ccccc1OC(=O)c1ccc(Cl)cc1)C(=O)Nc1ccccc1C(=O)NC1CCCCC1. The minimum absolute atomic E-state index is 0.0981. The first-order valence-corrected chi connectivity index (χ1v) is 12.9. The Morgan fingerprint density at radius 1 is 0.846 bits per heavy atom. The number of carbonyl (C=O) groups is 4. The maximum Gasteiger partial charge on any atom is 0.343 e. The number of amides is 3. The largest absolute Gasteiger partial charge is 0.422 e. The lowest BCUT2D eigenvalue weighted by molar-refractivity contribution is -0.136. The van der Waals surface area contributed by atoms with Gasteiger partial charge in [0.1, 0.15) is 5.75 Å². The Bertz CT molecular complexity index is 1380. The summed E-state index contributed by atoms with van der Waals surface area (Å²) in [6.45, 7) is 0. The number of nitrogens with one attached hydrogen (secondary N) is 3. The first kappa shape index (κ1) is 27.5. The molecule has 1 saturated carbocycles. The maximum absolute atomic E-state index is 12.8. The highest BCUT2D eigenvalue weighted by Crippen LogP contribution is 2.21. The molecule has 0 bridgehead atoms. The van der Waals surface area contributed by atoms with Gasteiger partial charge in [-0.05, 0) is 61.4 Å². The first-order valence-electron chi connectivity index (χ1n) is 12.5. The van der Waals surface area contributed by atoms with Crippen LogP contribution in [0.2, 0.25) is 5.02 Å². The van der Waals surface area contributed by atoms with Crippen molar-refractivity contribution in [2.75, 3.05) is 5.32 Å². The number of halogens is 1. The molecule has 3 aromatic rings. The van der Waals surface area contributed by atoms with Gasteiger partial charge in [-0.1, -0.05) is 55.1 Å². The van der Waals surface area contributed by atoms with Crippen LogP contribution in [0.3, 0.4) is 0 Å². The fourth-order valence-electron chi connectivity index (χ4n) is 4.12. The van der Waals surface area contributed by atoms with Gasteiger partial charge in [0, 0.05) is 16.6 Å². The van der Waals surface area contributed by atoms with E-state index in [0.29, 0.717) is 16.1 Å². The highest BCUT2D eigenvalue weighted by Gasteiger charge is 2.21. The molecule has 0 atom stereocenters. The smallest absolute Gasteiger partial charge is 0.343 e. The number of para-hydroxylation sites is 2. The van der Waals surface area contributed by atoms with Gasteiger partial charge >= 0.3 is 17.8 Å². The molecule has 0 aromatic heterocycles. The van der Waals surface area contributed by atoms with Gasteiger partial charge in [-0.2, -0.15) is 5.10 Å². The van der Waals surface area contributed by atoms with Crippen molar-refractivity contribution < 1.29 is 23.9 Å². The molecule has 3 amide bonds. The van der Waals surface area contributed by atoms with Crippen molar-refractivity contribution in [2.45, 2.75) is 38.1 Å². The Morgan fingerprint density at radius 3 is 2.31 bits per heavy atom. The highest BCUT2D eigenvalue weighted by atomic mass is 35.5. The zero-order valence-corrected chi connectivity index (χ0v) is 21.7. The normalized spacial score (nSPS) is 13.5. The molecule has 0 unspecified atom stereocenters. The average molecular weight is 547 g/mol. The minimum Gasteiger partial charge on any atom is -0.422 e. The summed E-state index contributed by atoms with van der Waals surface area (Å²) >= 11 is 5.86. The molecule has 0 aliphatic heterocycles. The molecule has 200 valence electrons. The molecule has 1 aliphatic carbocycles. The second-order valence-electron chi connectivity index (χ2n) is 8.94. The molecule has 0 radical (unpaired) electrons. The number of benzene rings is 3. The minimum atomic E-state index is -1.04. The van der Waals surface area contributed by atoms with Crippen LogP contribution in [0.15, 0.2) is 77.9 Å². The van der Waals surface area contributed by atoms with Crippen LogP contribution in [0.4, 0.5) is 5.69 Å². The summed E-state index contributed by atoms with van der Waals surface area (Å²) in [6.07, 6.45) is 6.39. The molecule has 39 heavy (non-hydrogen) atoms. The molecule has 3 N–H and O–H groups in total. The highest BCUT2D eigenvalue weighted by molar-refractivity contribution is 6.40. The van der Waals surface area contributed by atoms with Gasteiger partial charge in [0.25, 0.3) is 5.91 Å². The molecule has 1 aliphatic rings. The summed E-state index contributed by atoms with van der Waals surface area (Å²) in [5.74, 6) is -2.72. The number of ether oxygens (including phenoxy) is 1. The molecule has 3 aromatic carbocycles. The Hall–Kier alpha value is -4.50. The van der Waals surface area contributed by atoms with Crippen LogP contribution >= 0.6 is 11.6 Å². The van der Waals surface area contributed by atoms with E-state index < -0.39 is 17.8 Å². The van der Waals surface area contributed by atoms with Crippen molar-refractivity contribution in [3.63, 3.8) is 0 Å². The summed E-state index contributed by atoms with van der Waals surface area (Å²) in [5, 5.41) is 9.79. The monoisotopic (exact) mass is 546 g/mol. The van der Waals surface area contributed by atoms with E-state index in [2.05, 4.69) is 21.2 Å². The fraction of sp³-hybridized carbons (Fsp3) is 0.207. The van der Waals surface area contributed by atoms with E-state index in [4.69, 9.17) is 16.3 Å². The van der Waals surface area contributed by atoms with Crippen LogP contribution in [0.25, 0.3) is 0 Å². The Labute approximate surface area is 230 Å². The first-order chi connectivity index (χ1) is 18.9. The number of nitrogens with zero attached hydrogens (tertiary/aromatic N) is 1. The van der Waals surface area contributed by atoms with E-state index in [-0.39, 0.29) is 28.9 Å². The second-order valence-corrected chi connectivity index (χ2v) is 9.38. The van der Waals surface area contributed by atoms with Gasteiger partial charge in [0.15, 0.2) is 0 Å². The van der Waals surface area contributed by atoms with Crippen molar-refractivity contribution in [1.29, 1.82) is 0 Å². The van der Waals surface area contributed by atoms with Crippen LogP contribution in [-0.4, -0.2) is 35.9 Å². The van der Waals surface area contributed by atoms with E-state index >= 15 is 0 Å². The van der Waals surface area contributed by atoms with Gasteiger partial charge in [-0.25, -0.2) is 10.2 Å². The molecule has 0 spiro atoms. The van der Waals surface area contributed by atoms with Crippen LogP contribution < -0.4 is 20.8 Å². The molecule has 0 saturated heterocycles. The Morgan fingerprint density at radius 2 is 1.54 bits per heavy atom. The van der Waals surface area contributed by atoms with Gasteiger partial charge in [-0.15, -0.1) is 0 Å². The summed E-state index contributed by atoms with van der Waals surface area (Å²) in [7, 11) is 0. The van der Waals surface area contributed by atoms with Gasteiger partial charge in [0.2, 0.25) is 0 Å². The number of hydrazone groups is 1. The lowest BCUT2D eigenvalue weighted by Crippen LogP contribution is -2.37. The number of esters is 1. The molecule has 10 heteroatoms. The number of rotatable bonds is 7. The van der Waals surface area contributed by atoms with Gasteiger partial charge < -0.3 is 15.4 Å². The molecular formula is C29H27ClN4O5. The molecule has 1 fully saturated rings. The standard InChI is InChI=1S/C29H27ClN4O5/c30-21-16-14-19(15-17-21)29(38)39-25-13-7-4-8-20(25)18-31-34-28(37)27(36)33-24-12-6-5-11-23(24)26(35)32-22-9-2-1-3-10-22/h4-8,11-18,22H,1-3,9-10H2,(H,32,35)(H,33,36)(H,34,37). The number of carbonyl (C=O) groups excluding carboxylic acids is 4. The van der Waals surface area contributed by atoms with E-state index in [9.17, 15) is 19.2 Å². The van der Waals surface area contributed by atoms with Crippen LogP contribution in [-0.2, 0) is 9.59 Å². The summed E-state index contributed by atoms with van der Waals surface area (Å²) < 4.78 is 5.44. The lowest BCUT2D eigenvalue weighted by Gasteiger charge is -2.23. The quantitative estimate of drug-likeness (QED) is 0.130. The Kier molecular flexibility index (Phi) is 9.42. The van der Waals surface area contributed by atoms with Crippen LogP contribution in [0, 0.1) is 0 Å². The topological polar surface area (TPSA) is 126 Å². The van der Waals surface area contributed by atoms with Crippen molar-refractivity contribution in [2.24, 2.45) is 5.10 Å². The fourth-order valence-corrected chi connectivity index (χ4v) is 4.24. The number of hydrogen-bond acceptors (Lipinski definition) is 6. The summed E-state index contributed by atoms with van der Waals surface area (Å²) in [5.41, 5.74) is 3.33. The summed E-state index contributed by atoms with van der Waals surface area (Å²) in [4.78, 5) is 50.1. The second kappa shape index (κ2) is 13.3. The predicted molar refractivity (Wildman–Crippen MR) is 148 cm³/mol. The maximum atomic E-state index is 12.8. The van der Waals surface area contributed by atoms with Gasteiger partial charge in [0.05, 0.1) is 23.0 Å². The third-order valence-electron chi connectivity index (χ3n) is 6.14. The third kappa shape index (κ3) is 7.75. The van der Waals surface area contributed by atoms with E-state index in [1.807, 2.05) is 0 Å². The van der Waals surface area contributed by atoms with Crippen molar-refractivity contribution in [3.05, 3.63) is 94.5 Å². The third-order valence-corrected chi connectivity index (χ3v) is 6.39. The zero-order chi connectivity index (χ0) is 27.6. The van der Waals surface area contributed by atoms with Crippen molar-refractivity contribution in [1.82, 2.24) is 10.7 Å². The van der Waals surface area contributed by atoms with E-state index in [1.165, 1.54) is 18.3 Å². The molecule has 4 rings (SSSR count). The van der Waals surface area contributed by atoms with Gasteiger partial charge in [-0.3, -0.25) is 14.4 Å². The van der Waals surface area contributed by atoms with E-state index in [0.717, 1.165) is 32.1 Å². The van der Waals surface area contributed by atoms with Crippen LogP contribution in [0.1, 0.15) is 58.4 Å². The molecular weight excluding hydrogens is 520 g/mol.